The highest BCUT2D eigenvalue weighted by atomic mass is 32.1. The van der Waals surface area contributed by atoms with Gasteiger partial charge in [0, 0.05) is 18.0 Å². The third-order valence-corrected chi connectivity index (χ3v) is 4.25. The Balaban J connectivity index is 1.95. The van der Waals surface area contributed by atoms with Crippen LogP contribution in [0.15, 0.2) is 11.4 Å². The Hall–Kier alpha value is -0.870. The first kappa shape index (κ1) is 11.6. The van der Waals surface area contributed by atoms with Crippen molar-refractivity contribution in [1.82, 2.24) is 4.90 Å². The number of carbonyl (C=O) groups excluding carboxylic acids is 1. The summed E-state index contributed by atoms with van der Waals surface area (Å²) < 4.78 is 0. The maximum Gasteiger partial charge on any atom is 0.221 e. The molecule has 0 unspecified atom stereocenters. The van der Waals surface area contributed by atoms with Crippen LogP contribution in [0.2, 0.25) is 0 Å². The molecule has 1 atom stereocenters. The molecule has 0 saturated carbocycles. The molecule has 1 aliphatic rings. The fraction of sp³-hybridized carbons (Fsp3) is 0.583. The number of piperidine rings is 1. The first-order valence-electron chi connectivity index (χ1n) is 5.71. The van der Waals surface area contributed by atoms with E-state index in [0.29, 0.717) is 0 Å². The molecule has 16 heavy (non-hydrogen) atoms. The van der Waals surface area contributed by atoms with Gasteiger partial charge in [-0.2, -0.15) is 0 Å². The van der Waals surface area contributed by atoms with E-state index in [4.69, 9.17) is 5.73 Å². The number of thiophene rings is 1. The van der Waals surface area contributed by atoms with Crippen LogP contribution in [0.4, 0.5) is 0 Å². The van der Waals surface area contributed by atoms with Crippen LogP contribution in [-0.2, 0) is 11.3 Å². The lowest BCUT2D eigenvalue weighted by Gasteiger charge is -2.30. The lowest BCUT2D eigenvalue weighted by molar-refractivity contribution is -0.123. The summed E-state index contributed by atoms with van der Waals surface area (Å²) in [7, 11) is 0. The summed E-state index contributed by atoms with van der Waals surface area (Å²) in [5.41, 5.74) is 6.72. The summed E-state index contributed by atoms with van der Waals surface area (Å²) in [5, 5.41) is 2.13. The molecule has 0 spiro atoms. The second-order valence-corrected chi connectivity index (χ2v) is 5.50. The van der Waals surface area contributed by atoms with Gasteiger partial charge < -0.3 is 5.73 Å². The summed E-state index contributed by atoms with van der Waals surface area (Å²) in [5.74, 6) is -0.0957. The van der Waals surface area contributed by atoms with E-state index in [1.54, 1.807) is 11.3 Å². The maximum atomic E-state index is 11.2. The van der Waals surface area contributed by atoms with E-state index < -0.39 is 0 Å². The third-order valence-electron chi connectivity index (χ3n) is 3.24. The summed E-state index contributed by atoms with van der Waals surface area (Å²) in [4.78, 5) is 14.9. The Morgan fingerprint density at radius 1 is 1.69 bits per heavy atom. The van der Waals surface area contributed by atoms with Gasteiger partial charge in [-0.05, 0) is 43.3 Å². The van der Waals surface area contributed by atoms with E-state index in [1.165, 1.54) is 10.4 Å². The fourth-order valence-corrected chi connectivity index (χ4v) is 3.15. The Labute approximate surface area is 100 Å². The number of carbonyl (C=O) groups is 1. The molecular formula is C12H18N2OS. The van der Waals surface area contributed by atoms with Crippen molar-refractivity contribution in [3.63, 3.8) is 0 Å². The predicted molar refractivity (Wildman–Crippen MR) is 66.3 cm³/mol. The molecule has 2 rings (SSSR count). The van der Waals surface area contributed by atoms with Gasteiger partial charge >= 0.3 is 0 Å². The molecular weight excluding hydrogens is 220 g/mol. The number of hydrogen-bond acceptors (Lipinski definition) is 3. The number of likely N-dealkylation sites (tertiary alicyclic amines) is 1. The normalized spacial score (nSPS) is 22.2. The minimum absolute atomic E-state index is 0.0500. The molecule has 0 bridgehead atoms. The van der Waals surface area contributed by atoms with Crippen LogP contribution < -0.4 is 5.73 Å². The van der Waals surface area contributed by atoms with Crippen LogP contribution in [0, 0.1) is 12.8 Å². The Bertz CT molecular complexity index is 375. The molecule has 4 heteroatoms. The Morgan fingerprint density at radius 2 is 2.50 bits per heavy atom. The number of aryl methyl sites for hydroxylation is 1. The number of nitrogens with zero attached hydrogens (tertiary/aromatic N) is 1. The van der Waals surface area contributed by atoms with Gasteiger partial charge in [-0.15, -0.1) is 11.3 Å². The second-order valence-electron chi connectivity index (χ2n) is 4.50. The fourth-order valence-electron chi connectivity index (χ4n) is 2.20. The molecule has 1 aromatic heterocycles. The van der Waals surface area contributed by atoms with Crippen molar-refractivity contribution in [1.29, 1.82) is 0 Å². The number of rotatable bonds is 3. The average molecular weight is 238 g/mol. The number of primary amides is 1. The van der Waals surface area contributed by atoms with Crippen molar-refractivity contribution in [2.45, 2.75) is 26.3 Å². The van der Waals surface area contributed by atoms with E-state index in [0.717, 1.165) is 32.5 Å². The van der Waals surface area contributed by atoms with Gasteiger partial charge in [0.05, 0.1) is 5.92 Å². The molecule has 2 N–H and O–H groups in total. The van der Waals surface area contributed by atoms with Crippen molar-refractivity contribution >= 4 is 17.2 Å². The van der Waals surface area contributed by atoms with Crippen molar-refractivity contribution < 1.29 is 4.79 Å². The first-order valence-corrected chi connectivity index (χ1v) is 6.59. The van der Waals surface area contributed by atoms with E-state index in [1.807, 2.05) is 0 Å². The molecule has 1 aliphatic heterocycles. The van der Waals surface area contributed by atoms with E-state index >= 15 is 0 Å². The lowest BCUT2D eigenvalue weighted by Crippen LogP contribution is -2.40. The van der Waals surface area contributed by atoms with Crippen LogP contribution in [0.3, 0.4) is 0 Å². The van der Waals surface area contributed by atoms with Gasteiger partial charge in [0.15, 0.2) is 0 Å². The van der Waals surface area contributed by atoms with Crippen LogP contribution in [-0.4, -0.2) is 23.9 Å². The smallest absolute Gasteiger partial charge is 0.221 e. The molecule has 2 heterocycles. The Kier molecular flexibility index (Phi) is 3.61. The molecule has 1 saturated heterocycles. The highest BCUT2D eigenvalue weighted by Gasteiger charge is 2.24. The second kappa shape index (κ2) is 4.97. The topological polar surface area (TPSA) is 46.3 Å². The molecule has 1 aromatic rings. The standard InChI is InChI=1S/C12H18N2OS/c1-9-4-6-16-11(9)8-14-5-2-3-10(7-14)12(13)15/h4,6,10H,2-3,5,7-8H2,1H3,(H2,13,15)/t10-/m1/s1. The lowest BCUT2D eigenvalue weighted by atomic mass is 9.97. The van der Waals surface area contributed by atoms with Crippen molar-refractivity contribution in [3.05, 3.63) is 21.9 Å². The van der Waals surface area contributed by atoms with Gasteiger partial charge in [0.2, 0.25) is 5.91 Å². The zero-order valence-corrected chi connectivity index (χ0v) is 10.4. The SMILES string of the molecule is Cc1ccsc1CN1CCC[C@@H](C(N)=O)C1. The molecule has 88 valence electrons. The van der Waals surface area contributed by atoms with Gasteiger partial charge in [0.25, 0.3) is 0 Å². The molecule has 0 aromatic carbocycles. The molecule has 1 amide bonds. The van der Waals surface area contributed by atoms with Crippen LogP contribution in [0.25, 0.3) is 0 Å². The summed E-state index contributed by atoms with van der Waals surface area (Å²) >= 11 is 1.79. The quantitative estimate of drug-likeness (QED) is 0.872. The Morgan fingerprint density at radius 3 is 3.12 bits per heavy atom. The van der Waals surface area contributed by atoms with E-state index in [2.05, 4.69) is 23.3 Å². The average Bonchev–Trinajstić information content (AvgIpc) is 2.65. The highest BCUT2D eigenvalue weighted by Crippen LogP contribution is 2.22. The number of hydrogen-bond donors (Lipinski definition) is 1. The van der Waals surface area contributed by atoms with Crippen molar-refractivity contribution in [2.75, 3.05) is 13.1 Å². The zero-order chi connectivity index (χ0) is 11.5. The molecule has 0 radical (unpaired) electrons. The van der Waals surface area contributed by atoms with Crippen LogP contribution >= 0.6 is 11.3 Å². The number of nitrogens with two attached hydrogens (primary N) is 1. The summed E-state index contributed by atoms with van der Waals surface area (Å²) in [6.45, 7) is 5.02. The van der Waals surface area contributed by atoms with E-state index in [9.17, 15) is 4.79 Å². The molecule has 0 aliphatic carbocycles. The minimum atomic E-state index is -0.146. The van der Waals surface area contributed by atoms with E-state index in [-0.39, 0.29) is 11.8 Å². The zero-order valence-electron chi connectivity index (χ0n) is 9.61. The van der Waals surface area contributed by atoms with Gasteiger partial charge in [-0.25, -0.2) is 0 Å². The predicted octanol–water partition coefficient (Wildman–Crippen LogP) is 1.75. The third kappa shape index (κ3) is 2.62. The minimum Gasteiger partial charge on any atom is -0.369 e. The molecule has 3 nitrogen and oxygen atoms in total. The van der Waals surface area contributed by atoms with Crippen LogP contribution in [0.1, 0.15) is 23.3 Å². The van der Waals surface area contributed by atoms with Gasteiger partial charge in [-0.1, -0.05) is 0 Å². The van der Waals surface area contributed by atoms with Gasteiger partial charge in [-0.3, -0.25) is 9.69 Å². The monoisotopic (exact) mass is 238 g/mol. The first-order chi connectivity index (χ1) is 7.66. The summed E-state index contributed by atoms with van der Waals surface area (Å²) in [6, 6.07) is 2.15. The highest BCUT2D eigenvalue weighted by molar-refractivity contribution is 7.10. The maximum absolute atomic E-state index is 11.2. The van der Waals surface area contributed by atoms with Gasteiger partial charge in [0.1, 0.15) is 0 Å². The van der Waals surface area contributed by atoms with Crippen molar-refractivity contribution in [3.8, 4) is 0 Å². The number of amides is 1. The largest absolute Gasteiger partial charge is 0.369 e. The van der Waals surface area contributed by atoms with Crippen LogP contribution in [0.5, 0.6) is 0 Å². The summed E-state index contributed by atoms with van der Waals surface area (Å²) in [6.07, 6.45) is 2.04. The van der Waals surface area contributed by atoms with Crippen molar-refractivity contribution in [2.24, 2.45) is 11.7 Å². The molecule has 1 fully saturated rings.